The highest BCUT2D eigenvalue weighted by Crippen LogP contribution is 2.48. The van der Waals surface area contributed by atoms with E-state index in [1.165, 1.54) is 6.07 Å². The van der Waals surface area contributed by atoms with E-state index in [0.29, 0.717) is 16.7 Å². The molecule has 0 saturated carbocycles. The van der Waals surface area contributed by atoms with Crippen molar-refractivity contribution in [1.29, 1.82) is 0 Å². The summed E-state index contributed by atoms with van der Waals surface area (Å²) in [7, 11) is 0. The number of benzene rings is 4. The predicted octanol–water partition coefficient (Wildman–Crippen LogP) is 7.84. The first-order valence-electron chi connectivity index (χ1n) is 9.72. The quantitative estimate of drug-likeness (QED) is 0.137. The summed E-state index contributed by atoms with van der Waals surface area (Å²) in [6.45, 7) is 0. The fraction of sp³-hybridized carbons (Fsp3) is 0.0400. The lowest BCUT2D eigenvalue weighted by atomic mass is 9.87. The molecule has 0 atom stereocenters. The van der Waals surface area contributed by atoms with Crippen LogP contribution in [0.25, 0.3) is 33.4 Å². The van der Waals surface area contributed by atoms with Gasteiger partial charge in [-0.05, 0) is 45.9 Å². The molecule has 4 aromatic carbocycles. The topological polar surface area (TPSA) is 0 Å². The van der Waals surface area contributed by atoms with Crippen molar-refractivity contribution in [3.8, 4) is 33.4 Å². The summed E-state index contributed by atoms with van der Waals surface area (Å²) in [4.78, 5) is 0. The zero-order valence-corrected chi connectivity index (χ0v) is 16.7. The molecule has 0 saturated heterocycles. The number of halogens is 9. The molecule has 0 bridgehead atoms. The van der Waals surface area contributed by atoms with Crippen molar-refractivity contribution in [2.45, 2.75) is 6.42 Å². The molecule has 0 radical (unpaired) electrons. The van der Waals surface area contributed by atoms with Gasteiger partial charge in [0, 0.05) is 5.56 Å². The molecular formula is C25H9F9. The first-order chi connectivity index (χ1) is 16.1. The maximum atomic E-state index is 14.9. The Labute approximate surface area is 185 Å². The second-order valence-corrected chi connectivity index (χ2v) is 7.64. The summed E-state index contributed by atoms with van der Waals surface area (Å²) < 4.78 is 128. The fourth-order valence-corrected chi connectivity index (χ4v) is 4.31. The minimum atomic E-state index is -2.40. The van der Waals surface area contributed by atoms with E-state index in [0.717, 1.165) is 6.07 Å². The van der Waals surface area contributed by atoms with E-state index < -0.39 is 74.6 Å². The Morgan fingerprint density at radius 2 is 1.00 bits per heavy atom. The molecule has 1 aliphatic carbocycles. The summed E-state index contributed by atoms with van der Waals surface area (Å²) in [5.74, 6) is -19.3. The minimum absolute atomic E-state index is 0.0476. The summed E-state index contributed by atoms with van der Waals surface area (Å²) in [5.41, 5.74) is -1.94. The van der Waals surface area contributed by atoms with E-state index in [4.69, 9.17) is 0 Å². The Bertz CT molecular complexity index is 1490. The van der Waals surface area contributed by atoms with Crippen LogP contribution >= 0.6 is 0 Å². The van der Waals surface area contributed by atoms with Crippen LogP contribution in [0.3, 0.4) is 0 Å². The highest BCUT2D eigenvalue weighted by molar-refractivity contribution is 5.94. The van der Waals surface area contributed by atoms with Crippen LogP contribution in [-0.2, 0) is 6.42 Å². The van der Waals surface area contributed by atoms with E-state index in [2.05, 4.69) is 0 Å². The van der Waals surface area contributed by atoms with Crippen molar-refractivity contribution in [3.05, 3.63) is 106 Å². The minimum Gasteiger partial charge on any atom is -0.204 e. The molecule has 0 N–H and O–H groups in total. The second kappa shape index (κ2) is 7.65. The molecule has 0 aromatic heterocycles. The molecule has 0 aliphatic heterocycles. The molecule has 0 spiro atoms. The first kappa shape index (κ1) is 22.1. The van der Waals surface area contributed by atoms with Gasteiger partial charge in [-0.1, -0.05) is 36.4 Å². The average Bonchev–Trinajstić information content (AvgIpc) is 3.21. The van der Waals surface area contributed by atoms with Gasteiger partial charge in [0.15, 0.2) is 46.5 Å². The van der Waals surface area contributed by atoms with Crippen LogP contribution in [0.5, 0.6) is 0 Å². The zero-order chi connectivity index (χ0) is 24.5. The number of hydrogen-bond donors (Lipinski definition) is 0. The van der Waals surface area contributed by atoms with Crippen molar-refractivity contribution < 1.29 is 39.5 Å². The van der Waals surface area contributed by atoms with Gasteiger partial charge >= 0.3 is 0 Å². The van der Waals surface area contributed by atoms with Crippen molar-refractivity contribution in [2.24, 2.45) is 0 Å². The van der Waals surface area contributed by atoms with Gasteiger partial charge in [0.1, 0.15) is 0 Å². The third kappa shape index (κ3) is 2.96. The molecular weight excluding hydrogens is 471 g/mol. The average molecular weight is 480 g/mol. The molecule has 0 nitrogen and oxygen atoms in total. The van der Waals surface area contributed by atoms with E-state index in [-0.39, 0.29) is 18.1 Å². The maximum Gasteiger partial charge on any atom is 0.200 e. The Morgan fingerprint density at radius 1 is 0.441 bits per heavy atom. The van der Waals surface area contributed by atoms with Crippen LogP contribution in [0.2, 0.25) is 0 Å². The fourth-order valence-electron chi connectivity index (χ4n) is 4.31. The second-order valence-electron chi connectivity index (χ2n) is 7.64. The van der Waals surface area contributed by atoms with Crippen LogP contribution in [0.1, 0.15) is 11.1 Å². The first-order valence-corrected chi connectivity index (χ1v) is 9.72. The van der Waals surface area contributed by atoms with Crippen LogP contribution < -0.4 is 0 Å². The molecule has 4 aromatic rings. The molecule has 0 amide bonds. The van der Waals surface area contributed by atoms with Crippen LogP contribution in [0.4, 0.5) is 39.5 Å². The van der Waals surface area contributed by atoms with Gasteiger partial charge < -0.3 is 0 Å². The van der Waals surface area contributed by atoms with E-state index in [1.807, 2.05) is 0 Å². The molecule has 0 fully saturated rings. The van der Waals surface area contributed by atoms with E-state index in [9.17, 15) is 39.5 Å². The smallest absolute Gasteiger partial charge is 0.200 e. The van der Waals surface area contributed by atoms with E-state index >= 15 is 0 Å². The van der Waals surface area contributed by atoms with Gasteiger partial charge in [0.2, 0.25) is 5.82 Å². The zero-order valence-electron chi connectivity index (χ0n) is 16.7. The van der Waals surface area contributed by atoms with Gasteiger partial charge in [0.25, 0.3) is 0 Å². The lowest BCUT2D eigenvalue weighted by Gasteiger charge is -2.18. The normalized spacial score (nSPS) is 12.1. The maximum absolute atomic E-state index is 14.9. The van der Waals surface area contributed by atoms with Gasteiger partial charge in [-0.25, -0.2) is 39.5 Å². The third-order valence-corrected chi connectivity index (χ3v) is 5.84. The molecule has 0 heterocycles. The number of fused-ring (bicyclic) bond motifs is 3. The van der Waals surface area contributed by atoms with Crippen LogP contribution in [0.15, 0.2) is 42.5 Å². The van der Waals surface area contributed by atoms with Crippen LogP contribution in [0, 0.1) is 52.4 Å². The van der Waals surface area contributed by atoms with Gasteiger partial charge in [-0.3, -0.25) is 0 Å². The monoisotopic (exact) mass is 480 g/mol. The summed E-state index contributed by atoms with van der Waals surface area (Å²) in [6, 6.07) is 9.29. The third-order valence-electron chi connectivity index (χ3n) is 5.84. The largest absolute Gasteiger partial charge is 0.204 e. The molecule has 172 valence electrons. The summed E-state index contributed by atoms with van der Waals surface area (Å²) >= 11 is 0. The lowest BCUT2D eigenvalue weighted by Crippen LogP contribution is -2.07. The Balaban J connectivity index is 1.94. The van der Waals surface area contributed by atoms with Gasteiger partial charge in [-0.15, -0.1) is 0 Å². The Kier molecular flexibility index (Phi) is 4.96. The van der Waals surface area contributed by atoms with Crippen molar-refractivity contribution in [2.75, 3.05) is 0 Å². The lowest BCUT2D eigenvalue weighted by molar-refractivity contribution is 0.381. The van der Waals surface area contributed by atoms with Crippen molar-refractivity contribution >= 4 is 0 Å². The number of hydrogen-bond acceptors (Lipinski definition) is 0. The number of rotatable bonds is 2. The highest BCUT2D eigenvalue weighted by atomic mass is 19.2. The SMILES string of the molecule is Fc1cc(-c2ccc3c(c2-c2c(F)c(F)c(F)c(F)c2F)Cc2ccccc2-3)c(F)c(F)c1F. The van der Waals surface area contributed by atoms with Crippen molar-refractivity contribution in [1.82, 2.24) is 0 Å². The van der Waals surface area contributed by atoms with Gasteiger partial charge in [0.05, 0.1) is 5.56 Å². The highest BCUT2D eigenvalue weighted by Gasteiger charge is 2.33. The molecule has 5 rings (SSSR count). The Hall–Kier alpha value is -3.75. The summed E-state index contributed by atoms with van der Waals surface area (Å²) in [5, 5.41) is 0. The Morgan fingerprint density at radius 3 is 1.68 bits per heavy atom. The van der Waals surface area contributed by atoms with Crippen molar-refractivity contribution in [3.63, 3.8) is 0 Å². The molecule has 9 heteroatoms. The van der Waals surface area contributed by atoms with E-state index in [1.54, 1.807) is 24.3 Å². The molecule has 34 heavy (non-hydrogen) atoms. The molecule has 0 unspecified atom stereocenters. The van der Waals surface area contributed by atoms with Crippen LogP contribution in [-0.4, -0.2) is 0 Å². The predicted molar refractivity (Wildman–Crippen MR) is 105 cm³/mol. The van der Waals surface area contributed by atoms with Gasteiger partial charge in [-0.2, -0.15) is 0 Å². The standard InChI is InChI=1S/C25H9F9/c26-15-8-14(18(27)22(31)19(15)28)12-6-5-11-10-4-2-1-3-9(10)7-13(11)16(12)17-20(29)23(32)25(34)24(33)21(17)30/h1-6,8H,7H2. The molecule has 1 aliphatic rings. The summed E-state index contributed by atoms with van der Waals surface area (Å²) in [6.07, 6.45) is -0.0536.